The van der Waals surface area contributed by atoms with E-state index in [1.54, 1.807) is 6.92 Å². The first kappa shape index (κ1) is 13.5. The van der Waals surface area contributed by atoms with E-state index in [0.29, 0.717) is 11.8 Å². The molecule has 1 amide bonds. The lowest BCUT2D eigenvalue weighted by molar-refractivity contribution is -0.140. The summed E-state index contributed by atoms with van der Waals surface area (Å²) in [6.07, 6.45) is 6.26. The predicted octanol–water partition coefficient (Wildman–Crippen LogP) is 3.46. The predicted molar refractivity (Wildman–Crippen MR) is 68.3 cm³/mol. The van der Waals surface area contributed by atoms with Crippen molar-refractivity contribution in [2.75, 3.05) is 7.05 Å². The fourth-order valence-corrected chi connectivity index (χ4v) is 3.69. The summed E-state index contributed by atoms with van der Waals surface area (Å²) in [6.45, 7) is 8.51. The minimum Gasteiger partial charge on any atom is -0.340 e. The van der Waals surface area contributed by atoms with Crippen molar-refractivity contribution in [3.8, 4) is 0 Å². The van der Waals surface area contributed by atoms with Crippen LogP contribution in [-0.2, 0) is 4.79 Å². The Hall–Kier alpha value is -0.530. The molecule has 0 aromatic rings. The quantitative estimate of drug-likeness (QED) is 0.720. The molecule has 2 unspecified atom stereocenters. The van der Waals surface area contributed by atoms with Gasteiger partial charge in [-0.1, -0.05) is 40.0 Å². The van der Waals surface area contributed by atoms with E-state index >= 15 is 0 Å². The van der Waals surface area contributed by atoms with E-state index in [4.69, 9.17) is 0 Å². The number of rotatable bonds is 3. The highest BCUT2D eigenvalue weighted by Gasteiger charge is 2.46. The normalized spacial score (nSPS) is 30.5. The topological polar surface area (TPSA) is 20.3 Å². The van der Waals surface area contributed by atoms with Gasteiger partial charge in [0.15, 0.2) is 0 Å². The van der Waals surface area contributed by atoms with Crippen LogP contribution in [0.2, 0.25) is 0 Å². The number of nitrogens with zero attached hydrogens (tertiary/aromatic N) is 1. The Morgan fingerprint density at radius 2 is 2.06 bits per heavy atom. The van der Waals surface area contributed by atoms with Crippen molar-refractivity contribution < 1.29 is 4.79 Å². The van der Waals surface area contributed by atoms with Gasteiger partial charge < -0.3 is 4.90 Å². The number of carbonyl (C=O) groups is 1. The third kappa shape index (κ3) is 2.11. The van der Waals surface area contributed by atoms with Crippen LogP contribution < -0.4 is 0 Å². The zero-order chi connectivity index (χ0) is 12.3. The summed E-state index contributed by atoms with van der Waals surface area (Å²) in [7, 11) is 2.00. The highest BCUT2D eigenvalue weighted by atomic mass is 16.2. The summed E-state index contributed by atoms with van der Waals surface area (Å²) >= 11 is 0. The van der Waals surface area contributed by atoms with E-state index in [9.17, 15) is 4.79 Å². The van der Waals surface area contributed by atoms with Crippen LogP contribution in [0.5, 0.6) is 0 Å². The summed E-state index contributed by atoms with van der Waals surface area (Å²) in [5.41, 5.74) is 0.110. The first-order valence-electron chi connectivity index (χ1n) is 6.71. The summed E-state index contributed by atoms with van der Waals surface area (Å²) < 4.78 is 0. The first-order chi connectivity index (χ1) is 7.46. The van der Waals surface area contributed by atoms with Gasteiger partial charge in [0.2, 0.25) is 5.91 Å². The molecule has 1 aliphatic carbocycles. The standard InChI is InChI=1S/C14H27NO/c1-6-13-9-7-8-10-14(13,11(2)3)15(5)12(4)16/h11,13H,6-10H2,1-5H3. The first-order valence-corrected chi connectivity index (χ1v) is 6.71. The van der Waals surface area contributed by atoms with E-state index in [1.165, 1.54) is 32.1 Å². The lowest BCUT2D eigenvalue weighted by atomic mass is 9.65. The molecule has 94 valence electrons. The number of carbonyl (C=O) groups excluding carboxylic acids is 1. The molecule has 0 heterocycles. The van der Waals surface area contributed by atoms with Crippen molar-refractivity contribution in [1.82, 2.24) is 4.90 Å². The molecule has 0 spiro atoms. The van der Waals surface area contributed by atoms with Gasteiger partial charge in [-0.05, 0) is 24.7 Å². The Bertz CT molecular complexity index is 249. The molecule has 0 aliphatic heterocycles. The van der Waals surface area contributed by atoms with Crippen molar-refractivity contribution in [2.45, 2.75) is 65.3 Å². The SMILES string of the molecule is CCC1CCCCC1(C(C)C)N(C)C(C)=O. The van der Waals surface area contributed by atoms with Gasteiger partial charge in [0.25, 0.3) is 0 Å². The van der Waals surface area contributed by atoms with E-state index in [-0.39, 0.29) is 11.4 Å². The van der Waals surface area contributed by atoms with Gasteiger partial charge in [-0.2, -0.15) is 0 Å². The zero-order valence-corrected chi connectivity index (χ0v) is 11.5. The molecule has 0 saturated heterocycles. The summed E-state index contributed by atoms with van der Waals surface area (Å²) in [4.78, 5) is 13.8. The van der Waals surface area contributed by atoms with E-state index < -0.39 is 0 Å². The highest BCUT2D eigenvalue weighted by Crippen LogP contribution is 2.44. The molecule has 0 bridgehead atoms. The lowest BCUT2D eigenvalue weighted by Crippen LogP contribution is -2.58. The van der Waals surface area contributed by atoms with E-state index in [2.05, 4.69) is 20.8 Å². The van der Waals surface area contributed by atoms with Gasteiger partial charge >= 0.3 is 0 Å². The van der Waals surface area contributed by atoms with Gasteiger partial charge in [-0.3, -0.25) is 4.79 Å². The molecule has 1 saturated carbocycles. The highest BCUT2D eigenvalue weighted by molar-refractivity contribution is 5.74. The molecule has 0 aromatic carbocycles. The van der Waals surface area contributed by atoms with Gasteiger partial charge in [-0.25, -0.2) is 0 Å². The maximum atomic E-state index is 11.7. The Morgan fingerprint density at radius 3 is 2.50 bits per heavy atom. The van der Waals surface area contributed by atoms with Gasteiger partial charge in [0.1, 0.15) is 0 Å². The molecule has 16 heavy (non-hydrogen) atoms. The monoisotopic (exact) mass is 225 g/mol. The molecular formula is C14H27NO. The molecule has 0 radical (unpaired) electrons. The molecule has 2 nitrogen and oxygen atoms in total. The average molecular weight is 225 g/mol. The van der Waals surface area contributed by atoms with Crippen LogP contribution in [0.1, 0.15) is 59.8 Å². The fraction of sp³-hybridized carbons (Fsp3) is 0.929. The van der Waals surface area contributed by atoms with Crippen molar-refractivity contribution in [3.63, 3.8) is 0 Å². The maximum Gasteiger partial charge on any atom is 0.219 e. The number of hydrogen-bond acceptors (Lipinski definition) is 1. The Balaban J connectivity index is 3.05. The Kier molecular flexibility index (Phi) is 4.40. The Morgan fingerprint density at radius 1 is 1.44 bits per heavy atom. The van der Waals surface area contributed by atoms with Crippen LogP contribution in [-0.4, -0.2) is 23.4 Å². The van der Waals surface area contributed by atoms with Gasteiger partial charge in [0, 0.05) is 19.5 Å². The van der Waals surface area contributed by atoms with Crippen molar-refractivity contribution in [3.05, 3.63) is 0 Å². The van der Waals surface area contributed by atoms with Crippen molar-refractivity contribution in [1.29, 1.82) is 0 Å². The minimum atomic E-state index is 0.110. The van der Waals surface area contributed by atoms with Gasteiger partial charge in [0.05, 0.1) is 0 Å². The zero-order valence-electron chi connectivity index (χ0n) is 11.5. The molecule has 1 fully saturated rings. The Labute approximate surface area is 100 Å². The third-order valence-electron chi connectivity index (χ3n) is 4.68. The molecule has 0 N–H and O–H groups in total. The fourth-order valence-electron chi connectivity index (χ4n) is 3.69. The van der Waals surface area contributed by atoms with E-state index in [1.807, 2.05) is 11.9 Å². The second-order valence-electron chi connectivity index (χ2n) is 5.57. The molecule has 1 rings (SSSR count). The van der Waals surface area contributed by atoms with Crippen LogP contribution in [0.3, 0.4) is 0 Å². The number of amides is 1. The van der Waals surface area contributed by atoms with E-state index in [0.717, 1.165) is 0 Å². The van der Waals surface area contributed by atoms with Crippen LogP contribution >= 0.6 is 0 Å². The second kappa shape index (κ2) is 5.20. The van der Waals surface area contributed by atoms with Crippen molar-refractivity contribution >= 4 is 5.91 Å². The van der Waals surface area contributed by atoms with Crippen molar-refractivity contribution in [2.24, 2.45) is 11.8 Å². The third-order valence-corrected chi connectivity index (χ3v) is 4.68. The minimum absolute atomic E-state index is 0.110. The molecule has 2 heteroatoms. The maximum absolute atomic E-state index is 11.7. The lowest BCUT2D eigenvalue weighted by Gasteiger charge is -2.52. The second-order valence-corrected chi connectivity index (χ2v) is 5.57. The van der Waals surface area contributed by atoms with Crippen LogP contribution in [0.4, 0.5) is 0 Å². The number of hydrogen-bond donors (Lipinski definition) is 0. The van der Waals surface area contributed by atoms with Crippen LogP contribution in [0, 0.1) is 11.8 Å². The van der Waals surface area contributed by atoms with Gasteiger partial charge in [-0.15, -0.1) is 0 Å². The van der Waals surface area contributed by atoms with Crippen LogP contribution in [0.15, 0.2) is 0 Å². The smallest absolute Gasteiger partial charge is 0.219 e. The summed E-state index contributed by atoms with van der Waals surface area (Å²) in [5.74, 6) is 1.44. The molecule has 1 aliphatic rings. The summed E-state index contributed by atoms with van der Waals surface area (Å²) in [6, 6.07) is 0. The molecule has 0 aromatic heterocycles. The summed E-state index contributed by atoms with van der Waals surface area (Å²) in [5, 5.41) is 0. The van der Waals surface area contributed by atoms with Crippen LogP contribution in [0.25, 0.3) is 0 Å². The largest absolute Gasteiger partial charge is 0.340 e. The molecular weight excluding hydrogens is 198 g/mol. The molecule has 2 atom stereocenters. The average Bonchev–Trinajstić information content (AvgIpc) is 2.27.